The molecule has 0 radical (unpaired) electrons. The molecule has 1 aromatic carbocycles. The molecule has 0 saturated carbocycles. The summed E-state index contributed by atoms with van der Waals surface area (Å²) in [6.07, 6.45) is 4.88. The zero-order valence-corrected chi connectivity index (χ0v) is 17.5. The molecular weight excluding hydrogens is 408 g/mol. The summed E-state index contributed by atoms with van der Waals surface area (Å²) in [5.41, 5.74) is 1.19. The van der Waals surface area contributed by atoms with Crippen molar-refractivity contribution in [2.45, 2.75) is 32.6 Å². The van der Waals surface area contributed by atoms with Crippen LogP contribution in [0.5, 0.6) is 0 Å². The van der Waals surface area contributed by atoms with E-state index >= 15 is 0 Å². The van der Waals surface area contributed by atoms with E-state index in [9.17, 15) is 14.9 Å². The molecule has 0 spiro atoms. The van der Waals surface area contributed by atoms with Gasteiger partial charge in [0.1, 0.15) is 10.8 Å². The SMILES string of the molecule is CC1CN(c2ccc(CNC(=O)C=Cc3ccc(Cl)c([N+](=O)[O-])c3)cn2)CC(C)O1. The summed E-state index contributed by atoms with van der Waals surface area (Å²) in [5.74, 6) is 0.573. The first-order valence-electron chi connectivity index (χ1n) is 9.57. The zero-order valence-electron chi connectivity index (χ0n) is 16.7. The van der Waals surface area contributed by atoms with Crippen molar-refractivity contribution in [3.63, 3.8) is 0 Å². The highest BCUT2D eigenvalue weighted by Gasteiger charge is 2.22. The minimum atomic E-state index is -0.561. The van der Waals surface area contributed by atoms with Gasteiger partial charge in [0.25, 0.3) is 5.69 Å². The number of morpholine rings is 1. The largest absolute Gasteiger partial charge is 0.372 e. The quantitative estimate of drug-likeness (QED) is 0.427. The number of nitrogens with zero attached hydrogens (tertiary/aromatic N) is 3. The molecule has 1 aliphatic rings. The Bertz CT molecular complexity index is 939. The van der Waals surface area contributed by atoms with Gasteiger partial charge in [-0.25, -0.2) is 4.98 Å². The number of amides is 1. The third-order valence-electron chi connectivity index (χ3n) is 4.61. The van der Waals surface area contributed by atoms with Gasteiger partial charge in [-0.3, -0.25) is 14.9 Å². The monoisotopic (exact) mass is 430 g/mol. The maximum absolute atomic E-state index is 12.1. The molecule has 0 aliphatic carbocycles. The van der Waals surface area contributed by atoms with Gasteiger partial charge in [0, 0.05) is 38.0 Å². The Morgan fingerprint density at radius 3 is 2.70 bits per heavy atom. The van der Waals surface area contributed by atoms with Crippen molar-refractivity contribution in [2.24, 2.45) is 0 Å². The Morgan fingerprint density at radius 2 is 2.07 bits per heavy atom. The summed E-state index contributed by atoms with van der Waals surface area (Å²) in [7, 11) is 0. The van der Waals surface area contributed by atoms with Crippen LogP contribution in [-0.2, 0) is 16.1 Å². The topological polar surface area (TPSA) is 97.6 Å². The number of pyridine rings is 1. The molecule has 0 bridgehead atoms. The van der Waals surface area contributed by atoms with Gasteiger partial charge in [0.2, 0.25) is 5.91 Å². The van der Waals surface area contributed by atoms with Crippen molar-refractivity contribution in [2.75, 3.05) is 18.0 Å². The van der Waals surface area contributed by atoms with E-state index in [-0.39, 0.29) is 28.8 Å². The van der Waals surface area contributed by atoms with Gasteiger partial charge in [0.15, 0.2) is 0 Å². The van der Waals surface area contributed by atoms with Crippen LogP contribution in [0.1, 0.15) is 25.0 Å². The van der Waals surface area contributed by atoms with Crippen LogP contribution in [0.3, 0.4) is 0 Å². The molecule has 2 unspecified atom stereocenters. The van der Waals surface area contributed by atoms with Crippen LogP contribution in [0.15, 0.2) is 42.6 Å². The molecule has 1 amide bonds. The lowest BCUT2D eigenvalue weighted by Crippen LogP contribution is -2.45. The van der Waals surface area contributed by atoms with Crippen LogP contribution >= 0.6 is 11.6 Å². The normalized spacial score (nSPS) is 19.1. The number of hydrogen-bond acceptors (Lipinski definition) is 6. The van der Waals surface area contributed by atoms with Gasteiger partial charge in [-0.2, -0.15) is 0 Å². The first-order chi connectivity index (χ1) is 14.3. The second kappa shape index (κ2) is 9.69. The van der Waals surface area contributed by atoms with Crippen LogP contribution in [0.4, 0.5) is 11.5 Å². The predicted octanol–water partition coefficient (Wildman–Crippen LogP) is 3.59. The number of anilines is 1. The standard InChI is InChI=1S/C21H23ClN4O4/c1-14-12-25(13-15(2)30-14)20-7-4-17(10-23-20)11-24-21(27)8-5-16-3-6-18(22)19(9-16)26(28)29/h3-10,14-15H,11-13H2,1-2H3,(H,24,27). The number of nitro groups is 1. The number of aromatic nitrogens is 1. The predicted molar refractivity (Wildman–Crippen MR) is 115 cm³/mol. The average molecular weight is 431 g/mol. The van der Waals surface area contributed by atoms with E-state index in [2.05, 4.69) is 15.2 Å². The maximum Gasteiger partial charge on any atom is 0.288 e. The van der Waals surface area contributed by atoms with E-state index < -0.39 is 4.92 Å². The van der Waals surface area contributed by atoms with Gasteiger partial charge >= 0.3 is 0 Å². The van der Waals surface area contributed by atoms with E-state index in [1.165, 1.54) is 24.3 Å². The Morgan fingerprint density at radius 1 is 1.33 bits per heavy atom. The van der Waals surface area contributed by atoms with Gasteiger partial charge in [-0.15, -0.1) is 0 Å². The number of halogens is 1. The molecule has 1 N–H and O–H groups in total. The fourth-order valence-electron chi connectivity index (χ4n) is 3.27. The van der Waals surface area contributed by atoms with Crippen LogP contribution < -0.4 is 10.2 Å². The number of benzene rings is 1. The number of carbonyl (C=O) groups is 1. The minimum absolute atomic E-state index is 0.0542. The minimum Gasteiger partial charge on any atom is -0.372 e. The summed E-state index contributed by atoms with van der Waals surface area (Å²) in [5, 5.41) is 13.8. The molecule has 1 fully saturated rings. The highest BCUT2D eigenvalue weighted by molar-refractivity contribution is 6.32. The molecule has 3 rings (SSSR count). The van der Waals surface area contributed by atoms with Gasteiger partial charge in [0.05, 0.1) is 17.1 Å². The summed E-state index contributed by atoms with van der Waals surface area (Å²) < 4.78 is 5.74. The second-order valence-electron chi connectivity index (χ2n) is 7.21. The number of rotatable bonds is 6. The zero-order chi connectivity index (χ0) is 21.7. The van der Waals surface area contributed by atoms with E-state index in [1.54, 1.807) is 12.3 Å². The molecule has 2 atom stereocenters. The molecule has 30 heavy (non-hydrogen) atoms. The Balaban J connectivity index is 1.54. The van der Waals surface area contributed by atoms with Crippen LogP contribution in [0.2, 0.25) is 5.02 Å². The van der Waals surface area contributed by atoms with E-state index in [0.29, 0.717) is 12.1 Å². The highest BCUT2D eigenvalue weighted by atomic mass is 35.5. The molecule has 9 heteroatoms. The second-order valence-corrected chi connectivity index (χ2v) is 7.61. The van der Waals surface area contributed by atoms with Crippen molar-refractivity contribution in [1.29, 1.82) is 0 Å². The van der Waals surface area contributed by atoms with Gasteiger partial charge in [-0.1, -0.05) is 23.7 Å². The van der Waals surface area contributed by atoms with E-state index in [0.717, 1.165) is 24.5 Å². The van der Waals surface area contributed by atoms with Crippen molar-refractivity contribution in [3.8, 4) is 0 Å². The van der Waals surface area contributed by atoms with Gasteiger partial charge < -0.3 is 15.0 Å². The van der Waals surface area contributed by atoms with Crippen molar-refractivity contribution >= 4 is 35.1 Å². The van der Waals surface area contributed by atoms with Crippen LogP contribution in [0.25, 0.3) is 6.08 Å². The Labute approximate surface area is 179 Å². The molecule has 1 aliphatic heterocycles. The third kappa shape index (κ3) is 5.77. The summed E-state index contributed by atoms with van der Waals surface area (Å²) in [6.45, 7) is 6.00. The smallest absolute Gasteiger partial charge is 0.288 e. The first kappa shape index (κ1) is 21.7. The van der Waals surface area contributed by atoms with Crippen LogP contribution in [-0.4, -0.2) is 41.1 Å². The Hall–Kier alpha value is -2.97. The lowest BCUT2D eigenvalue weighted by atomic mass is 10.2. The molecule has 1 aromatic heterocycles. The van der Waals surface area contributed by atoms with Gasteiger partial charge in [-0.05, 0) is 43.2 Å². The van der Waals surface area contributed by atoms with Crippen molar-refractivity contribution in [3.05, 3.63) is 68.9 Å². The average Bonchev–Trinajstić information content (AvgIpc) is 2.71. The van der Waals surface area contributed by atoms with Crippen molar-refractivity contribution in [1.82, 2.24) is 10.3 Å². The van der Waals surface area contributed by atoms with Crippen molar-refractivity contribution < 1.29 is 14.5 Å². The molecule has 2 heterocycles. The molecular formula is C21H23ClN4O4. The number of hydrogen-bond donors (Lipinski definition) is 1. The maximum atomic E-state index is 12.1. The fraction of sp³-hybridized carbons (Fsp3) is 0.333. The van der Waals surface area contributed by atoms with E-state index in [4.69, 9.17) is 16.3 Å². The number of carbonyl (C=O) groups excluding carboxylic acids is 1. The number of nitro benzene ring substituents is 1. The van der Waals surface area contributed by atoms with E-state index in [1.807, 2.05) is 26.0 Å². The third-order valence-corrected chi connectivity index (χ3v) is 4.93. The first-order valence-corrected chi connectivity index (χ1v) is 9.95. The number of ether oxygens (including phenoxy) is 1. The summed E-state index contributed by atoms with van der Waals surface area (Å²) in [4.78, 5) is 29.1. The summed E-state index contributed by atoms with van der Waals surface area (Å²) >= 11 is 5.79. The number of nitrogens with one attached hydrogen (secondary N) is 1. The molecule has 8 nitrogen and oxygen atoms in total. The fourth-order valence-corrected chi connectivity index (χ4v) is 3.45. The lowest BCUT2D eigenvalue weighted by molar-refractivity contribution is -0.384. The molecule has 1 saturated heterocycles. The molecule has 158 valence electrons. The van der Waals surface area contributed by atoms with Crippen LogP contribution in [0, 0.1) is 10.1 Å². The molecule has 2 aromatic rings. The summed E-state index contributed by atoms with van der Waals surface area (Å²) in [6, 6.07) is 8.23. The Kier molecular flexibility index (Phi) is 7.02. The highest BCUT2D eigenvalue weighted by Crippen LogP contribution is 2.25. The lowest BCUT2D eigenvalue weighted by Gasteiger charge is -2.36.